The number of rotatable bonds is 2. The van der Waals surface area contributed by atoms with E-state index in [9.17, 15) is 9.59 Å². The number of fused-ring (bicyclic) bond motifs is 2. The standard InChI is InChI=1S/C17H22N2O2S2/c1-3-12-11-6-9-22-14(11)5-8-18(12)16(21)13-10-23-17(2)7-4-15(20)19(13)17/h6,9,12-13H,3-5,7-8,10H2,1-2H3. The Morgan fingerprint density at radius 1 is 1.43 bits per heavy atom. The van der Waals surface area contributed by atoms with E-state index < -0.39 is 0 Å². The van der Waals surface area contributed by atoms with Crippen molar-refractivity contribution in [2.75, 3.05) is 12.3 Å². The Kier molecular flexibility index (Phi) is 3.72. The minimum absolute atomic E-state index is 0.150. The van der Waals surface area contributed by atoms with Gasteiger partial charge in [-0.15, -0.1) is 23.1 Å². The topological polar surface area (TPSA) is 40.6 Å². The molecule has 3 atom stereocenters. The van der Waals surface area contributed by atoms with E-state index in [0.29, 0.717) is 6.42 Å². The van der Waals surface area contributed by atoms with Gasteiger partial charge < -0.3 is 9.80 Å². The van der Waals surface area contributed by atoms with Crippen molar-refractivity contribution in [3.63, 3.8) is 0 Å². The van der Waals surface area contributed by atoms with Crippen LogP contribution >= 0.6 is 23.1 Å². The lowest BCUT2D eigenvalue weighted by Gasteiger charge is -2.39. The summed E-state index contributed by atoms with van der Waals surface area (Å²) in [6, 6.07) is 2.07. The van der Waals surface area contributed by atoms with Crippen LogP contribution in [0.1, 0.15) is 49.6 Å². The summed E-state index contributed by atoms with van der Waals surface area (Å²) in [5.41, 5.74) is 1.32. The first-order chi connectivity index (χ1) is 11.0. The molecule has 3 aliphatic heterocycles. The normalized spacial score (nSPS) is 33.0. The zero-order valence-electron chi connectivity index (χ0n) is 13.6. The Balaban J connectivity index is 1.61. The molecule has 0 aliphatic carbocycles. The van der Waals surface area contributed by atoms with E-state index in [4.69, 9.17) is 0 Å². The lowest BCUT2D eigenvalue weighted by atomic mass is 9.97. The number of nitrogens with zero attached hydrogens (tertiary/aromatic N) is 2. The largest absolute Gasteiger partial charge is 0.333 e. The molecule has 2 saturated heterocycles. The SMILES string of the molecule is CCC1c2ccsc2CCN1C(=O)C1CSC2(C)CCC(=O)N12. The molecule has 3 aliphatic rings. The van der Waals surface area contributed by atoms with Crippen LogP contribution in [0.5, 0.6) is 0 Å². The predicted molar refractivity (Wildman–Crippen MR) is 93.5 cm³/mol. The van der Waals surface area contributed by atoms with Crippen LogP contribution in [0.3, 0.4) is 0 Å². The molecule has 0 radical (unpaired) electrons. The van der Waals surface area contributed by atoms with Gasteiger partial charge in [-0.25, -0.2) is 0 Å². The Bertz CT molecular complexity index is 659. The number of carbonyl (C=O) groups is 2. The summed E-state index contributed by atoms with van der Waals surface area (Å²) in [5, 5.41) is 2.13. The molecular weight excluding hydrogens is 328 g/mol. The minimum Gasteiger partial charge on any atom is -0.333 e. The lowest BCUT2D eigenvalue weighted by molar-refractivity contribution is -0.145. The summed E-state index contributed by atoms with van der Waals surface area (Å²) in [5.74, 6) is 1.04. The second-order valence-corrected chi connectivity index (χ2v) is 9.27. The molecule has 0 bridgehead atoms. The van der Waals surface area contributed by atoms with E-state index in [1.807, 2.05) is 9.80 Å². The number of thioether (sulfide) groups is 1. The molecule has 1 aromatic rings. The molecular formula is C17H22N2O2S2. The van der Waals surface area contributed by atoms with Gasteiger partial charge >= 0.3 is 0 Å². The highest BCUT2D eigenvalue weighted by Gasteiger charge is 2.54. The summed E-state index contributed by atoms with van der Waals surface area (Å²) in [4.78, 5) is 30.7. The second kappa shape index (κ2) is 5.52. The van der Waals surface area contributed by atoms with Crippen molar-refractivity contribution < 1.29 is 9.59 Å². The van der Waals surface area contributed by atoms with Crippen LogP contribution in [-0.2, 0) is 16.0 Å². The molecule has 6 heteroatoms. The fourth-order valence-corrected chi connectivity index (χ4v) is 6.65. The second-order valence-electron chi connectivity index (χ2n) is 6.77. The molecule has 0 aromatic carbocycles. The van der Waals surface area contributed by atoms with Crippen LogP contribution in [-0.4, -0.2) is 44.8 Å². The van der Waals surface area contributed by atoms with Gasteiger partial charge in [0.05, 0.1) is 10.9 Å². The van der Waals surface area contributed by atoms with Crippen molar-refractivity contribution >= 4 is 34.9 Å². The predicted octanol–water partition coefficient (Wildman–Crippen LogP) is 3.04. The van der Waals surface area contributed by atoms with Crippen molar-refractivity contribution in [2.24, 2.45) is 0 Å². The average Bonchev–Trinajstić information content (AvgIpc) is 3.21. The maximum atomic E-state index is 13.3. The van der Waals surface area contributed by atoms with E-state index in [0.717, 1.165) is 31.6 Å². The van der Waals surface area contributed by atoms with Gasteiger partial charge in [0.15, 0.2) is 0 Å². The quantitative estimate of drug-likeness (QED) is 0.823. The number of hydrogen-bond acceptors (Lipinski definition) is 4. The van der Waals surface area contributed by atoms with Crippen molar-refractivity contribution in [1.82, 2.24) is 9.80 Å². The average molecular weight is 351 g/mol. The van der Waals surface area contributed by atoms with Crippen LogP contribution < -0.4 is 0 Å². The highest BCUT2D eigenvalue weighted by atomic mass is 32.2. The van der Waals surface area contributed by atoms with Crippen LogP contribution in [0.2, 0.25) is 0 Å². The van der Waals surface area contributed by atoms with Crippen LogP contribution in [0, 0.1) is 0 Å². The van der Waals surface area contributed by atoms with Crippen molar-refractivity contribution in [1.29, 1.82) is 0 Å². The van der Waals surface area contributed by atoms with E-state index in [1.165, 1.54) is 10.4 Å². The fourth-order valence-electron chi connectivity index (χ4n) is 4.30. The molecule has 23 heavy (non-hydrogen) atoms. The molecule has 0 saturated carbocycles. The molecule has 4 rings (SSSR count). The van der Waals surface area contributed by atoms with E-state index in [1.54, 1.807) is 23.1 Å². The van der Waals surface area contributed by atoms with E-state index >= 15 is 0 Å². The van der Waals surface area contributed by atoms with Gasteiger partial charge in [0.1, 0.15) is 6.04 Å². The number of hydrogen-bond donors (Lipinski definition) is 0. The Morgan fingerprint density at radius 2 is 2.26 bits per heavy atom. The molecule has 0 N–H and O–H groups in total. The third kappa shape index (κ3) is 2.25. The minimum atomic E-state index is -0.269. The summed E-state index contributed by atoms with van der Waals surface area (Å²) in [6.45, 7) is 5.04. The Hall–Kier alpha value is -1.01. The fraction of sp³-hybridized carbons (Fsp3) is 0.647. The molecule has 0 spiro atoms. The lowest BCUT2D eigenvalue weighted by Crippen LogP contribution is -2.53. The molecule has 2 fully saturated rings. The van der Waals surface area contributed by atoms with Gasteiger partial charge in [0.2, 0.25) is 11.8 Å². The van der Waals surface area contributed by atoms with Crippen molar-refractivity contribution in [3.8, 4) is 0 Å². The summed E-state index contributed by atoms with van der Waals surface area (Å²) >= 11 is 3.57. The highest BCUT2D eigenvalue weighted by Crippen LogP contribution is 2.48. The molecule has 1 aromatic heterocycles. The zero-order chi connectivity index (χ0) is 16.2. The van der Waals surface area contributed by atoms with Gasteiger partial charge in [0, 0.05) is 23.6 Å². The van der Waals surface area contributed by atoms with Gasteiger partial charge in [-0.05, 0) is 43.2 Å². The number of thiophene rings is 1. The first kappa shape index (κ1) is 15.5. The number of carbonyl (C=O) groups excluding carboxylic acids is 2. The smallest absolute Gasteiger partial charge is 0.246 e. The highest BCUT2D eigenvalue weighted by molar-refractivity contribution is 8.01. The van der Waals surface area contributed by atoms with Gasteiger partial charge in [-0.2, -0.15) is 0 Å². The summed E-state index contributed by atoms with van der Waals surface area (Å²) < 4.78 is 0. The Morgan fingerprint density at radius 3 is 3.04 bits per heavy atom. The number of amides is 2. The van der Waals surface area contributed by atoms with Crippen LogP contribution in [0.4, 0.5) is 0 Å². The Labute approximate surface area is 145 Å². The first-order valence-electron chi connectivity index (χ1n) is 8.38. The van der Waals surface area contributed by atoms with Crippen molar-refractivity contribution in [2.45, 2.75) is 56.5 Å². The zero-order valence-corrected chi connectivity index (χ0v) is 15.2. The maximum absolute atomic E-state index is 13.3. The summed E-state index contributed by atoms with van der Waals surface area (Å²) in [6.07, 6.45) is 3.33. The van der Waals surface area contributed by atoms with Crippen molar-refractivity contribution in [3.05, 3.63) is 21.9 Å². The van der Waals surface area contributed by atoms with E-state index in [2.05, 4.69) is 25.3 Å². The van der Waals surface area contributed by atoms with Crippen LogP contribution in [0.15, 0.2) is 11.4 Å². The van der Waals surface area contributed by atoms with Gasteiger partial charge in [0.25, 0.3) is 0 Å². The monoisotopic (exact) mass is 350 g/mol. The maximum Gasteiger partial charge on any atom is 0.246 e. The summed E-state index contributed by atoms with van der Waals surface area (Å²) in [7, 11) is 0. The molecule has 124 valence electrons. The van der Waals surface area contributed by atoms with Gasteiger partial charge in [-0.3, -0.25) is 9.59 Å². The van der Waals surface area contributed by atoms with Gasteiger partial charge in [-0.1, -0.05) is 6.92 Å². The molecule has 2 amide bonds. The van der Waals surface area contributed by atoms with Crippen LogP contribution in [0.25, 0.3) is 0 Å². The first-order valence-corrected chi connectivity index (χ1v) is 10.2. The third-order valence-electron chi connectivity index (χ3n) is 5.49. The molecule has 3 unspecified atom stereocenters. The molecule has 4 nitrogen and oxygen atoms in total. The van der Waals surface area contributed by atoms with E-state index in [-0.39, 0.29) is 28.8 Å². The molecule has 4 heterocycles. The third-order valence-corrected chi connectivity index (χ3v) is 8.00.